The maximum absolute atomic E-state index is 11.9. The van der Waals surface area contributed by atoms with E-state index in [0.717, 1.165) is 0 Å². The minimum absolute atomic E-state index is 0.134. The summed E-state index contributed by atoms with van der Waals surface area (Å²) in [6.07, 6.45) is -3.15. The van der Waals surface area contributed by atoms with Crippen molar-refractivity contribution in [2.75, 3.05) is 24.3 Å². The SMILES string of the molecule is OC(CCl)CNc1cccc(OCC(F)F)c1. The van der Waals surface area contributed by atoms with E-state index in [0.29, 0.717) is 18.0 Å². The van der Waals surface area contributed by atoms with Crippen molar-refractivity contribution in [3.05, 3.63) is 24.3 Å². The van der Waals surface area contributed by atoms with Crippen LogP contribution in [-0.2, 0) is 0 Å². The lowest BCUT2D eigenvalue weighted by Gasteiger charge is -2.11. The largest absolute Gasteiger partial charge is 0.488 e. The molecule has 0 fully saturated rings. The van der Waals surface area contributed by atoms with Gasteiger partial charge in [-0.3, -0.25) is 0 Å². The van der Waals surface area contributed by atoms with Crippen LogP contribution in [0.25, 0.3) is 0 Å². The van der Waals surface area contributed by atoms with Crippen LogP contribution in [0.3, 0.4) is 0 Å². The second-order valence-corrected chi connectivity index (χ2v) is 3.73. The highest BCUT2D eigenvalue weighted by molar-refractivity contribution is 6.18. The number of nitrogens with one attached hydrogen (secondary N) is 1. The fourth-order valence-electron chi connectivity index (χ4n) is 1.15. The summed E-state index contributed by atoms with van der Waals surface area (Å²) in [4.78, 5) is 0. The first-order valence-corrected chi connectivity index (χ1v) is 5.64. The van der Waals surface area contributed by atoms with Crippen molar-refractivity contribution in [3.8, 4) is 5.75 Å². The van der Waals surface area contributed by atoms with Gasteiger partial charge in [-0.2, -0.15) is 0 Å². The van der Waals surface area contributed by atoms with Crippen LogP contribution in [0, 0.1) is 0 Å². The molecule has 0 spiro atoms. The lowest BCUT2D eigenvalue weighted by molar-refractivity contribution is 0.0819. The molecule has 3 nitrogen and oxygen atoms in total. The number of benzene rings is 1. The number of rotatable bonds is 7. The highest BCUT2D eigenvalue weighted by atomic mass is 35.5. The van der Waals surface area contributed by atoms with Gasteiger partial charge in [0.05, 0.1) is 12.0 Å². The van der Waals surface area contributed by atoms with Crippen LogP contribution in [0.2, 0.25) is 0 Å². The van der Waals surface area contributed by atoms with Crippen LogP contribution >= 0.6 is 11.6 Å². The number of ether oxygens (including phenoxy) is 1. The molecule has 1 aromatic rings. The van der Waals surface area contributed by atoms with Gasteiger partial charge in [0.2, 0.25) is 0 Å². The van der Waals surface area contributed by atoms with Crippen molar-refractivity contribution in [2.45, 2.75) is 12.5 Å². The quantitative estimate of drug-likeness (QED) is 0.744. The van der Waals surface area contributed by atoms with E-state index in [1.807, 2.05) is 0 Å². The second kappa shape index (κ2) is 7.29. The number of anilines is 1. The standard InChI is InChI=1S/C11H14ClF2NO2/c12-5-9(16)6-15-8-2-1-3-10(4-8)17-7-11(13)14/h1-4,9,11,15-16H,5-7H2. The number of halogens is 3. The van der Waals surface area contributed by atoms with Crippen LogP contribution in [0.5, 0.6) is 5.75 Å². The molecular formula is C11H14ClF2NO2. The molecule has 17 heavy (non-hydrogen) atoms. The third-order valence-electron chi connectivity index (χ3n) is 1.93. The Kier molecular flexibility index (Phi) is 6.00. The molecule has 0 heterocycles. The van der Waals surface area contributed by atoms with E-state index in [4.69, 9.17) is 16.3 Å². The van der Waals surface area contributed by atoms with Crippen LogP contribution in [0.15, 0.2) is 24.3 Å². The van der Waals surface area contributed by atoms with Crippen molar-refractivity contribution in [3.63, 3.8) is 0 Å². The molecule has 0 aromatic heterocycles. The average molecular weight is 266 g/mol. The number of hydrogen-bond donors (Lipinski definition) is 2. The van der Waals surface area contributed by atoms with Gasteiger partial charge in [-0.25, -0.2) is 8.78 Å². The molecule has 1 aromatic carbocycles. The fraction of sp³-hybridized carbons (Fsp3) is 0.455. The van der Waals surface area contributed by atoms with Gasteiger partial charge in [0.25, 0.3) is 6.43 Å². The van der Waals surface area contributed by atoms with Gasteiger partial charge in [0.15, 0.2) is 0 Å². The molecule has 0 saturated heterocycles. The number of aliphatic hydroxyl groups is 1. The Bertz CT molecular complexity index is 339. The average Bonchev–Trinajstić information content (AvgIpc) is 2.34. The van der Waals surface area contributed by atoms with Crippen molar-refractivity contribution >= 4 is 17.3 Å². The predicted octanol–water partition coefficient (Wildman–Crippen LogP) is 2.34. The van der Waals surface area contributed by atoms with Gasteiger partial charge in [0, 0.05) is 18.3 Å². The molecular weight excluding hydrogens is 252 g/mol. The Morgan fingerprint density at radius 1 is 1.41 bits per heavy atom. The number of aliphatic hydroxyl groups excluding tert-OH is 1. The molecule has 2 N–H and O–H groups in total. The Balaban J connectivity index is 2.47. The molecule has 0 amide bonds. The summed E-state index contributed by atoms with van der Waals surface area (Å²) >= 11 is 5.44. The smallest absolute Gasteiger partial charge is 0.272 e. The summed E-state index contributed by atoms with van der Waals surface area (Å²) in [5, 5.41) is 12.2. The minimum atomic E-state index is -2.50. The van der Waals surface area contributed by atoms with Crippen LogP contribution in [-0.4, -0.2) is 36.7 Å². The van der Waals surface area contributed by atoms with Crippen LogP contribution in [0.1, 0.15) is 0 Å². The molecule has 1 rings (SSSR count). The minimum Gasteiger partial charge on any atom is -0.488 e. The van der Waals surface area contributed by atoms with E-state index in [-0.39, 0.29) is 5.88 Å². The van der Waals surface area contributed by atoms with Gasteiger partial charge >= 0.3 is 0 Å². The molecule has 0 aliphatic heterocycles. The first-order chi connectivity index (χ1) is 8.11. The van der Waals surface area contributed by atoms with Crippen molar-refractivity contribution < 1.29 is 18.6 Å². The Morgan fingerprint density at radius 3 is 2.82 bits per heavy atom. The van der Waals surface area contributed by atoms with Crippen molar-refractivity contribution in [1.82, 2.24) is 0 Å². The predicted molar refractivity (Wildman–Crippen MR) is 63.2 cm³/mol. The topological polar surface area (TPSA) is 41.5 Å². The van der Waals surface area contributed by atoms with E-state index in [2.05, 4.69) is 5.32 Å². The normalized spacial score (nSPS) is 12.5. The third-order valence-corrected chi connectivity index (χ3v) is 2.29. The summed E-state index contributed by atoms with van der Waals surface area (Å²) in [7, 11) is 0. The lowest BCUT2D eigenvalue weighted by Crippen LogP contribution is -2.20. The zero-order valence-electron chi connectivity index (χ0n) is 9.07. The van der Waals surface area contributed by atoms with E-state index in [9.17, 15) is 13.9 Å². The Morgan fingerprint density at radius 2 is 2.18 bits per heavy atom. The third kappa shape index (κ3) is 5.70. The van der Waals surface area contributed by atoms with Crippen LogP contribution in [0.4, 0.5) is 14.5 Å². The summed E-state index contributed by atoms with van der Waals surface area (Å²) in [5.74, 6) is 0.491. The fourth-order valence-corrected chi connectivity index (χ4v) is 1.25. The molecule has 1 unspecified atom stereocenters. The van der Waals surface area contributed by atoms with Crippen molar-refractivity contribution in [2.24, 2.45) is 0 Å². The van der Waals surface area contributed by atoms with Gasteiger partial charge in [-0.1, -0.05) is 6.07 Å². The van der Waals surface area contributed by atoms with Crippen LogP contribution < -0.4 is 10.1 Å². The maximum Gasteiger partial charge on any atom is 0.272 e. The number of hydrogen-bond acceptors (Lipinski definition) is 3. The first-order valence-electron chi connectivity index (χ1n) is 5.10. The van der Waals surface area contributed by atoms with E-state index in [1.165, 1.54) is 0 Å². The second-order valence-electron chi connectivity index (χ2n) is 3.42. The summed E-state index contributed by atoms with van der Waals surface area (Å²) in [5.41, 5.74) is 0.681. The molecule has 0 aliphatic rings. The van der Waals surface area contributed by atoms with Gasteiger partial charge in [0.1, 0.15) is 12.4 Å². The van der Waals surface area contributed by atoms with Gasteiger partial charge in [-0.15, -0.1) is 11.6 Å². The molecule has 6 heteroatoms. The molecule has 0 saturated carbocycles. The van der Waals surface area contributed by atoms with Gasteiger partial charge in [-0.05, 0) is 12.1 Å². The highest BCUT2D eigenvalue weighted by Crippen LogP contribution is 2.17. The summed E-state index contributed by atoms with van der Waals surface area (Å²) < 4.78 is 28.7. The molecule has 0 aliphatic carbocycles. The highest BCUT2D eigenvalue weighted by Gasteiger charge is 2.05. The number of alkyl halides is 3. The lowest BCUT2D eigenvalue weighted by atomic mass is 10.3. The van der Waals surface area contributed by atoms with Gasteiger partial charge < -0.3 is 15.2 Å². The van der Waals surface area contributed by atoms with E-state index in [1.54, 1.807) is 24.3 Å². The monoisotopic (exact) mass is 265 g/mol. The molecule has 0 radical (unpaired) electrons. The molecule has 0 bridgehead atoms. The molecule has 1 atom stereocenters. The maximum atomic E-state index is 11.9. The Labute approximate surface area is 103 Å². The van der Waals surface area contributed by atoms with Crippen molar-refractivity contribution in [1.29, 1.82) is 0 Å². The first kappa shape index (κ1) is 14.0. The zero-order chi connectivity index (χ0) is 12.7. The summed E-state index contributed by atoms with van der Waals surface area (Å²) in [6.45, 7) is -0.338. The zero-order valence-corrected chi connectivity index (χ0v) is 9.83. The molecule has 96 valence electrons. The van der Waals surface area contributed by atoms with E-state index >= 15 is 0 Å². The Hall–Kier alpha value is -1.07. The summed E-state index contributed by atoms with van der Waals surface area (Å²) in [6, 6.07) is 6.60. The van der Waals surface area contributed by atoms with E-state index < -0.39 is 19.1 Å².